The summed E-state index contributed by atoms with van der Waals surface area (Å²) in [6.07, 6.45) is 0. The molecule has 0 spiro atoms. The lowest BCUT2D eigenvalue weighted by Crippen LogP contribution is -2.43. The number of amides is 3. The summed E-state index contributed by atoms with van der Waals surface area (Å²) in [5.74, 6) is 0.433. The maximum Gasteiger partial charge on any atom is 0.325 e. The van der Waals surface area contributed by atoms with Gasteiger partial charge < -0.3 is 19.6 Å². The van der Waals surface area contributed by atoms with E-state index < -0.39 is 0 Å². The molecule has 0 aliphatic carbocycles. The van der Waals surface area contributed by atoms with Crippen molar-refractivity contribution in [3.05, 3.63) is 60.2 Å². The van der Waals surface area contributed by atoms with E-state index in [1.54, 1.807) is 23.0 Å². The van der Waals surface area contributed by atoms with E-state index in [1.807, 2.05) is 48.5 Å². The van der Waals surface area contributed by atoms with Crippen molar-refractivity contribution in [2.75, 3.05) is 44.8 Å². The zero-order valence-electron chi connectivity index (χ0n) is 16.0. The van der Waals surface area contributed by atoms with Crippen molar-refractivity contribution in [3.8, 4) is 5.75 Å². The maximum absolute atomic E-state index is 12.8. The summed E-state index contributed by atoms with van der Waals surface area (Å²) >= 11 is 0. The number of carbonyl (C=O) groups excluding carboxylic acids is 2. The van der Waals surface area contributed by atoms with E-state index in [0.29, 0.717) is 31.1 Å². The number of aliphatic hydroxyl groups is 1. The minimum Gasteiger partial charge on any atom is -0.495 e. The zero-order chi connectivity index (χ0) is 19.9. The van der Waals surface area contributed by atoms with Crippen molar-refractivity contribution in [3.63, 3.8) is 0 Å². The number of carbonyl (C=O) groups is 2. The average molecular weight is 383 g/mol. The van der Waals surface area contributed by atoms with Gasteiger partial charge in [0.05, 0.1) is 19.4 Å². The van der Waals surface area contributed by atoms with Crippen LogP contribution in [-0.2, 0) is 11.3 Å². The monoisotopic (exact) mass is 383 g/mol. The lowest BCUT2D eigenvalue weighted by molar-refractivity contribution is -0.132. The first-order chi connectivity index (χ1) is 13.6. The van der Waals surface area contributed by atoms with Crippen LogP contribution in [-0.4, -0.2) is 66.7 Å². The molecule has 0 saturated carbocycles. The largest absolute Gasteiger partial charge is 0.495 e. The van der Waals surface area contributed by atoms with E-state index in [-0.39, 0.29) is 31.6 Å². The standard InChI is InChI=1S/C21H25N3O4/c1-28-19-10-6-5-9-18(19)24-12-11-23(21(24)27)16-20(26)22(13-14-25)15-17-7-3-2-4-8-17/h2-10,25H,11-16H2,1H3. The van der Waals surface area contributed by atoms with Gasteiger partial charge in [0, 0.05) is 26.2 Å². The van der Waals surface area contributed by atoms with Crippen molar-refractivity contribution in [2.45, 2.75) is 6.54 Å². The maximum atomic E-state index is 12.8. The normalized spacial score (nSPS) is 13.7. The van der Waals surface area contributed by atoms with E-state index in [0.717, 1.165) is 5.56 Å². The molecule has 0 aromatic heterocycles. The summed E-state index contributed by atoms with van der Waals surface area (Å²) in [7, 11) is 1.57. The van der Waals surface area contributed by atoms with E-state index in [1.165, 1.54) is 4.90 Å². The van der Waals surface area contributed by atoms with Gasteiger partial charge in [0.25, 0.3) is 0 Å². The van der Waals surface area contributed by atoms with E-state index >= 15 is 0 Å². The van der Waals surface area contributed by atoms with Crippen LogP contribution in [0.1, 0.15) is 5.56 Å². The number of methoxy groups -OCH3 is 1. The smallest absolute Gasteiger partial charge is 0.325 e. The number of ether oxygens (including phenoxy) is 1. The van der Waals surface area contributed by atoms with Crippen LogP contribution >= 0.6 is 0 Å². The van der Waals surface area contributed by atoms with Gasteiger partial charge in [0.15, 0.2) is 0 Å². The highest BCUT2D eigenvalue weighted by molar-refractivity contribution is 5.97. The number of hydrogen-bond donors (Lipinski definition) is 1. The first kappa shape index (κ1) is 19.7. The molecule has 1 saturated heterocycles. The molecule has 3 amide bonds. The molecule has 2 aromatic rings. The molecule has 1 aliphatic heterocycles. The summed E-state index contributed by atoms with van der Waals surface area (Å²) < 4.78 is 5.34. The number of anilines is 1. The van der Waals surface area contributed by atoms with E-state index in [2.05, 4.69) is 0 Å². The molecule has 1 aliphatic rings. The molecule has 148 valence electrons. The highest BCUT2D eigenvalue weighted by atomic mass is 16.5. The third kappa shape index (κ3) is 4.43. The highest BCUT2D eigenvalue weighted by Gasteiger charge is 2.33. The van der Waals surface area contributed by atoms with Crippen LogP contribution in [0.4, 0.5) is 10.5 Å². The van der Waals surface area contributed by atoms with Crippen LogP contribution in [0.3, 0.4) is 0 Å². The number of rotatable bonds is 8. The van der Waals surface area contributed by atoms with Gasteiger partial charge in [-0.1, -0.05) is 42.5 Å². The second kappa shape index (κ2) is 9.23. The number of hydrogen-bond acceptors (Lipinski definition) is 4. The quantitative estimate of drug-likeness (QED) is 0.756. The first-order valence-electron chi connectivity index (χ1n) is 9.26. The van der Waals surface area contributed by atoms with Crippen LogP contribution in [0.25, 0.3) is 0 Å². The lowest BCUT2D eigenvalue weighted by Gasteiger charge is -2.25. The Bertz CT molecular complexity index is 812. The number of benzene rings is 2. The highest BCUT2D eigenvalue weighted by Crippen LogP contribution is 2.30. The van der Waals surface area contributed by atoms with Gasteiger partial charge in [0.1, 0.15) is 12.3 Å². The van der Waals surface area contributed by atoms with Gasteiger partial charge in [-0.2, -0.15) is 0 Å². The molecular formula is C21H25N3O4. The average Bonchev–Trinajstić information content (AvgIpc) is 3.08. The first-order valence-corrected chi connectivity index (χ1v) is 9.26. The Morgan fingerprint density at radius 1 is 1.11 bits per heavy atom. The number of para-hydroxylation sites is 2. The molecular weight excluding hydrogens is 358 g/mol. The van der Waals surface area contributed by atoms with Gasteiger partial charge in [-0.3, -0.25) is 9.69 Å². The van der Waals surface area contributed by atoms with Crippen LogP contribution < -0.4 is 9.64 Å². The molecule has 7 heteroatoms. The molecule has 1 N–H and O–H groups in total. The minimum absolute atomic E-state index is 0.0166. The van der Waals surface area contributed by atoms with Crippen LogP contribution in [0, 0.1) is 0 Å². The summed E-state index contributed by atoms with van der Waals surface area (Å²) in [6, 6.07) is 16.7. The van der Waals surface area contributed by atoms with E-state index in [4.69, 9.17) is 4.74 Å². The number of aliphatic hydroxyl groups excluding tert-OH is 1. The second-order valence-corrected chi connectivity index (χ2v) is 6.55. The van der Waals surface area contributed by atoms with Gasteiger partial charge in [0.2, 0.25) is 5.91 Å². The fourth-order valence-corrected chi connectivity index (χ4v) is 3.29. The van der Waals surface area contributed by atoms with Crippen LogP contribution in [0.2, 0.25) is 0 Å². The molecule has 3 rings (SSSR count). The SMILES string of the molecule is COc1ccccc1N1CCN(CC(=O)N(CCO)Cc2ccccc2)C1=O. The summed E-state index contributed by atoms with van der Waals surface area (Å²) in [4.78, 5) is 30.3. The summed E-state index contributed by atoms with van der Waals surface area (Å²) in [5.41, 5.74) is 1.68. The molecule has 0 unspecified atom stereocenters. The molecule has 0 radical (unpaired) electrons. The van der Waals surface area contributed by atoms with Crippen molar-refractivity contribution in [1.29, 1.82) is 0 Å². The van der Waals surface area contributed by atoms with E-state index in [9.17, 15) is 14.7 Å². The summed E-state index contributed by atoms with van der Waals surface area (Å²) in [6.45, 7) is 1.44. The molecule has 7 nitrogen and oxygen atoms in total. The van der Waals surface area contributed by atoms with Crippen molar-refractivity contribution < 1.29 is 19.4 Å². The third-order valence-electron chi connectivity index (χ3n) is 4.74. The minimum atomic E-state index is -0.221. The zero-order valence-corrected chi connectivity index (χ0v) is 16.0. The van der Waals surface area contributed by atoms with Crippen LogP contribution in [0.5, 0.6) is 5.75 Å². The predicted octanol–water partition coefficient (Wildman–Crippen LogP) is 1.96. The molecule has 0 bridgehead atoms. The third-order valence-corrected chi connectivity index (χ3v) is 4.74. The van der Waals surface area contributed by atoms with Gasteiger partial charge in [-0.05, 0) is 17.7 Å². The Labute approximate surface area is 164 Å². The lowest BCUT2D eigenvalue weighted by atomic mass is 10.2. The van der Waals surface area contributed by atoms with Crippen molar-refractivity contribution >= 4 is 17.6 Å². The molecule has 1 heterocycles. The Morgan fingerprint density at radius 3 is 2.54 bits per heavy atom. The number of nitrogens with zero attached hydrogens (tertiary/aromatic N) is 3. The van der Waals surface area contributed by atoms with Crippen molar-refractivity contribution in [1.82, 2.24) is 9.80 Å². The van der Waals surface area contributed by atoms with Gasteiger partial charge in [-0.25, -0.2) is 4.79 Å². The Kier molecular flexibility index (Phi) is 6.49. The Hall–Kier alpha value is -3.06. The molecule has 28 heavy (non-hydrogen) atoms. The molecule has 2 aromatic carbocycles. The van der Waals surface area contributed by atoms with Gasteiger partial charge >= 0.3 is 6.03 Å². The van der Waals surface area contributed by atoms with Crippen molar-refractivity contribution in [2.24, 2.45) is 0 Å². The number of urea groups is 1. The molecule has 1 fully saturated rings. The predicted molar refractivity (Wildman–Crippen MR) is 106 cm³/mol. The Morgan fingerprint density at radius 2 is 1.82 bits per heavy atom. The van der Waals surface area contributed by atoms with Crippen LogP contribution in [0.15, 0.2) is 54.6 Å². The topological polar surface area (TPSA) is 73.3 Å². The Balaban J connectivity index is 1.67. The van der Waals surface area contributed by atoms with Gasteiger partial charge in [-0.15, -0.1) is 0 Å². The summed E-state index contributed by atoms with van der Waals surface area (Å²) in [5, 5.41) is 9.33. The molecule has 0 atom stereocenters. The second-order valence-electron chi connectivity index (χ2n) is 6.55. The fourth-order valence-electron chi connectivity index (χ4n) is 3.29. The fraction of sp³-hybridized carbons (Fsp3) is 0.333.